The number of carbonyl (C=O) groups excluding carboxylic acids is 1. The van der Waals surface area contributed by atoms with Crippen molar-refractivity contribution in [1.29, 1.82) is 5.26 Å². The van der Waals surface area contributed by atoms with Gasteiger partial charge in [-0.1, -0.05) is 6.92 Å². The Balaban J connectivity index is 1.95. The standard InChI is InChI=1S/C22H26FN7O2/c1-5-13(2)29-18-6-17(15-10-28-30-12-14(7-24)8-26-20(15)30)25-9-16(18)21(31)27-11-19(23)22(3,4)32/h6,8-10,12-13,19,32H,5,11H2,1-4H3,(H,25,29)(H,27,31)/t13-,19-/m1/s1. The summed E-state index contributed by atoms with van der Waals surface area (Å²) in [5.41, 5.74) is 1.31. The van der Waals surface area contributed by atoms with Gasteiger partial charge in [0.1, 0.15) is 12.2 Å². The zero-order chi connectivity index (χ0) is 23.5. The summed E-state index contributed by atoms with van der Waals surface area (Å²) < 4.78 is 15.6. The fraction of sp³-hybridized carbons (Fsp3) is 0.409. The van der Waals surface area contributed by atoms with Crippen LogP contribution in [0.2, 0.25) is 0 Å². The molecule has 3 heterocycles. The summed E-state index contributed by atoms with van der Waals surface area (Å²) >= 11 is 0. The maximum absolute atomic E-state index is 14.1. The lowest BCUT2D eigenvalue weighted by atomic mass is 10.0. The topological polar surface area (TPSA) is 128 Å². The molecule has 0 aromatic carbocycles. The number of alkyl halides is 1. The summed E-state index contributed by atoms with van der Waals surface area (Å²) in [6.07, 6.45) is 5.24. The van der Waals surface area contributed by atoms with Crippen LogP contribution in [0.25, 0.3) is 16.9 Å². The number of hydrogen-bond donors (Lipinski definition) is 3. The summed E-state index contributed by atoms with van der Waals surface area (Å²) in [5, 5.41) is 28.8. The van der Waals surface area contributed by atoms with Crippen LogP contribution in [0, 0.1) is 11.3 Å². The second-order valence-electron chi connectivity index (χ2n) is 8.18. The van der Waals surface area contributed by atoms with Crippen molar-refractivity contribution in [2.75, 3.05) is 11.9 Å². The molecule has 10 heteroatoms. The van der Waals surface area contributed by atoms with Gasteiger partial charge in [0.25, 0.3) is 5.91 Å². The number of rotatable bonds is 8. The van der Waals surface area contributed by atoms with Crippen LogP contribution in [0.5, 0.6) is 0 Å². The molecule has 0 saturated heterocycles. The molecule has 0 unspecified atom stereocenters. The molecule has 9 nitrogen and oxygen atoms in total. The van der Waals surface area contributed by atoms with E-state index in [9.17, 15) is 14.3 Å². The quantitative estimate of drug-likeness (QED) is 0.492. The van der Waals surface area contributed by atoms with E-state index in [0.29, 0.717) is 28.2 Å². The molecular weight excluding hydrogens is 413 g/mol. The normalized spacial score (nSPS) is 13.4. The van der Waals surface area contributed by atoms with Crippen LogP contribution in [0.4, 0.5) is 10.1 Å². The van der Waals surface area contributed by atoms with Crippen molar-refractivity contribution in [2.24, 2.45) is 0 Å². The third kappa shape index (κ3) is 5.00. The molecule has 2 atom stereocenters. The van der Waals surface area contributed by atoms with E-state index in [0.717, 1.165) is 6.42 Å². The van der Waals surface area contributed by atoms with E-state index in [1.54, 1.807) is 18.5 Å². The van der Waals surface area contributed by atoms with Crippen molar-refractivity contribution in [3.8, 4) is 17.3 Å². The van der Waals surface area contributed by atoms with Crippen molar-refractivity contribution >= 4 is 17.2 Å². The Labute approximate surface area is 185 Å². The number of anilines is 1. The highest BCUT2D eigenvalue weighted by molar-refractivity contribution is 6.00. The van der Waals surface area contributed by atoms with Crippen LogP contribution >= 0.6 is 0 Å². The van der Waals surface area contributed by atoms with E-state index >= 15 is 0 Å². The number of hydrogen-bond acceptors (Lipinski definition) is 7. The second-order valence-corrected chi connectivity index (χ2v) is 8.18. The molecule has 3 N–H and O–H groups in total. The SMILES string of the molecule is CC[C@@H](C)Nc1cc(-c2cnn3cc(C#N)cnc23)ncc1C(=O)NC[C@@H](F)C(C)(C)O. The van der Waals surface area contributed by atoms with E-state index in [1.807, 2.05) is 19.9 Å². The number of pyridine rings is 1. The Morgan fingerprint density at radius 1 is 1.34 bits per heavy atom. The highest BCUT2D eigenvalue weighted by Crippen LogP contribution is 2.27. The summed E-state index contributed by atoms with van der Waals surface area (Å²) in [7, 11) is 0. The van der Waals surface area contributed by atoms with Crippen LogP contribution in [-0.4, -0.2) is 55.0 Å². The van der Waals surface area contributed by atoms with Gasteiger partial charge in [0.05, 0.1) is 52.6 Å². The van der Waals surface area contributed by atoms with Crippen molar-refractivity contribution in [3.63, 3.8) is 0 Å². The summed E-state index contributed by atoms with van der Waals surface area (Å²) in [5.74, 6) is -0.501. The lowest BCUT2D eigenvalue weighted by Crippen LogP contribution is -2.42. The number of carbonyl (C=O) groups is 1. The largest absolute Gasteiger partial charge is 0.387 e. The predicted octanol–water partition coefficient (Wildman–Crippen LogP) is 2.71. The van der Waals surface area contributed by atoms with Gasteiger partial charge in [0.15, 0.2) is 5.65 Å². The zero-order valence-electron chi connectivity index (χ0n) is 18.4. The molecule has 0 radical (unpaired) electrons. The Morgan fingerprint density at radius 2 is 2.09 bits per heavy atom. The van der Waals surface area contributed by atoms with Crippen molar-refractivity contribution in [3.05, 3.63) is 42.0 Å². The monoisotopic (exact) mass is 439 g/mol. The molecule has 32 heavy (non-hydrogen) atoms. The van der Waals surface area contributed by atoms with Crippen molar-refractivity contribution in [2.45, 2.75) is 51.9 Å². The molecule has 0 saturated carbocycles. The van der Waals surface area contributed by atoms with Crippen LogP contribution in [0.15, 0.2) is 30.9 Å². The maximum atomic E-state index is 14.1. The minimum absolute atomic E-state index is 0.0716. The number of amides is 1. The number of nitrogens with zero attached hydrogens (tertiary/aromatic N) is 5. The van der Waals surface area contributed by atoms with Crippen LogP contribution in [0.3, 0.4) is 0 Å². The van der Waals surface area contributed by atoms with Gasteiger partial charge in [-0.3, -0.25) is 9.78 Å². The van der Waals surface area contributed by atoms with Crippen LogP contribution in [-0.2, 0) is 0 Å². The minimum atomic E-state index is -1.62. The molecule has 3 aromatic heterocycles. The Kier molecular flexibility index (Phi) is 6.69. The molecule has 0 bridgehead atoms. The third-order valence-corrected chi connectivity index (χ3v) is 5.13. The number of nitriles is 1. The van der Waals surface area contributed by atoms with Gasteiger partial charge in [-0.25, -0.2) is 13.9 Å². The minimum Gasteiger partial charge on any atom is -0.387 e. The molecule has 0 aliphatic carbocycles. The molecule has 0 fully saturated rings. The lowest BCUT2D eigenvalue weighted by molar-refractivity contribution is -0.00177. The van der Waals surface area contributed by atoms with E-state index in [4.69, 9.17) is 5.26 Å². The first-order valence-corrected chi connectivity index (χ1v) is 10.3. The van der Waals surface area contributed by atoms with Gasteiger partial charge < -0.3 is 15.7 Å². The number of halogens is 1. The van der Waals surface area contributed by atoms with E-state index in [2.05, 4.69) is 25.7 Å². The third-order valence-electron chi connectivity index (χ3n) is 5.13. The average molecular weight is 439 g/mol. The molecule has 0 aliphatic rings. The van der Waals surface area contributed by atoms with Gasteiger partial charge in [-0.15, -0.1) is 0 Å². The Bertz CT molecular complexity index is 1160. The first kappa shape index (κ1) is 23.1. The molecule has 3 aromatic rings. The van der Waals surface area contributed by atoms with Gasteiger partial charge >= 0.3 is 0 Å². The van der Waals surface area contributed by atoms with Crippen molar-refractivity contribution < 1.29 is 14.3 Å². The summed E-state index contributed by atoms with van der Waals surface area (Å²) in [6.45, 7) is 6.36. The fourth-order valence-corrected chi connectivity index (χ4v) is 2.91. The van der Waals surface area contributed by atoms with E-state index in [-0.39, 0.29) is 18.2 Å². The fourth-order valence-electron chi connectivity index (χ4n) is 2.91. The van der Waals surface area contributed by atoms with Crippen LogP contribution in [0.1, 0.15) is 50.0 Å². The number of fused-ring (bicyclic) bond motifs is 1. The highest BCUT2D eigenvalue weighted by atomic mass is 19.1. The predicted molar refractivity (Wildman–Crippen MR) is 118 cm³/mol. The molecular formula is C22H26FN7O2. The first-order valence-electron chi connectivity index (χ1n) is 10.3. The smallest absolute Gasteiger partial charge is 0.255 e. The van der Waals surface area contributed by atoms with Gasteiger partial charge in [0.2, 0.25) is 0 Å². The summed E-state index contributed by atoms with van der Waals surface area (Å²) in [4.78, 5) is 21.4. The summed E-state index contributed by atoms with van der Waals surface area (Å²) in [6, 6.07) is 3.81. The first-order chi connectivity index (χ1) is 15.1. The lowest BCUT2D eigenvalue weighted by Gasteiger charge is -2.23. The average Bonchev–Trinajstić information content (AvgIpc) is 3.19. The van der Waals surface area contributed by atoms with E-state index in [1.165, 1.54) is 30.8 Å². The molecule has 3 rings (SSSR count). The maximum Gasteiger partial charge on any atom is 0.255 e. The van der Waals surface area contributed by atoms with E-state index < -0.39 is 17.7 Å². The number of nitrogens with one attached hydrogen (secondary N) is 2. The van der Waals surface area contributed by atoms with Gasteiger partial charge in [-0.05, 0) is 33.3 Å². The Hall–Kier alpha value is -3.58. The molecule has 0 aliphatic heterocycles. The van der Waals surface area contributed by atoms with Crippen molar-refractivity contribution in [1.82, 2.24) is 24.9 Å². The van der Waals surface area contributed by atoms with Crippen LogP contribution < -0.4 is 10.6 Å². The number of aromatic nitrogens is 4. The molecule has 0 spiro atoms. The van der Waals surface area contributed by atoms with Gasteiger partial charge in [0, 0.05) is 18.4 Å². The Morgan fingerprint density at radius 3 is 2.75 bits per heavy atom. The second kappa shape index (κ2) is 9.28. The molecule has 1 amide bonds. The zero-order valence-corrected chi connectivity index (χ0v) is 18.4. The number of aliphatic hydroxyl groups is 1. The molecule has 168 valence electrons. The van der Waals surface area contributed by atoms with Gasteiger partial charge in [-0.2, -0.15) is 10.4 Å². The highest BCUT2D eigenvalue weighted by Gasteiger charge is 2.27.